The molecule has 0 aliphatic heterocycles. The van der Waals surface area contributed by atoms with Crippen LogP contribution in [0.25, 0.3) is 0 Å². The number of nitrogens with one attached hydrogen (secondary N) is 1. The smallest absolute Gasteiger partial charge is 0.126 e. The maximum absolute atomic E-state index is 8.91. The van der Waals surface area contributed by atoms with Gasteiger partial charge >= 0.3 is 0 Å². The lowest BCUT2D eigenvalue weighted by molar-refractivity contribution is 0.294. The molecule has 0 aromatic heterocycles. The number of ether oxygens (including phenoxy) is 3. The van der Waals surface area contributed by atoms with Crippen LogP contribution in [-0.2, 0) is 0 Å². The first kappa shape index (κ1) is 15.1. The second-order valence-corrected chi connectivity index (χ2v) is 3.92. The molecular weight excluding hydrogens is 244 g/mol. The molecule has 1 N–H and O–H groups in total. The van der Waals surface area contributed by atoms with E-state index in [-0.39, 0.29) is 6.04 Å². The third kappa shape index (κ3) is 5.06. The summed E-state index contributed by atoms with van der Waals surface area (Å²) in [6.45, 7) is 3.20. The molecule has 5 nitrogen and oxygen atoms in total. The minimum atomic E-state index is -0.183. The number of methoxy groups -OCH3 is 2. The summed E-state index contributed by atoms with van der Waals surface area (Å²) >= 11 is 0. The molecule has 0 fully saturated rings. The first-order valence-electron chi connectivity index (χ1n) is 6.22. The van der Waals surface area contributed by atoms with Crippen LogP contribution in [0.1, 0.15) is 13.3 Å². The summed E-state index contributed by atoms with van der Waals surface area (Å²) in [5.41, 5.74) is 0. The van der Waals surface area contributed by atoms with Gasteiger partial charge in [0.2, 0.25) is 0 Å². The molecule has 0 heterocycles. The summed E-state index contributed by atoms with van der Waals surface area (Å²) < 4.78 is 15.9. The molecule has 0 spiro atoms. The second-order valence-electron chi connectivity index (χ2n) is 3.92. The predicted octanol–water partition coefficient (Wildman–Crippen LogP) is 1.97. The van der Waals surface area contributed by atoms with Crippen molar-refractivity contribution < 1.29 is 14.2 Å². The monoisotopic (exact) mass is 264 g/mol. The molecule has 0 amide bonds. The van der Waals surface area contributed by atoms with Crippen LogP contribution in [0.15, 0.2) is 18.2 Å². The Labute approximate surface area is 114 Å². The highest BCUT2D eigenvalue weighted by Gasteiger charge is 2.07. The molecule has 0 aliphatic rings. The summed E-state index contributed by atoms with van der Waals surface area (Å²) in [5.74, 6) is 2.03. The van der Waals surface area contributed by atoms with Gasteiger partial charge in [0.25, 0.3) is 0 Å². The number of rotatable bonds is 8. The van der Waals surface area contributed by atoms with Gasteiger partial charge in [0, 0.05) is 24.6 Å². The summed E-state index contributed by atoms with van der Waals surface area (Å²) in [4.78, 5) is 0. The van der Waals surface area contributed by atoms with E-state index in [0.29, 0.717) is 30.3 Å². The van der Waals surface area contributed by atoms with E-state index in [4.69, 9.17) is 19.5 Å². The van der Waals surface area contributed by atoms with E-state index in [0.717, 1.165) is 6.54 Å². The standard InChI is InChI=1S/C14H20N2O3/c1-4-16-11(10-15)5-6-19-14-8-12(17-2)7-13(9-14)18-3/h7-9,11,16H,4-6H2,1-3H3. The first-order valence-corrected chi connectivity index (χ1v) is 6.22. The number of benzene rings is 1. The topological polar surface area (TPSA) is 63.5 Å². The van der Waals surface area contributed by atoms with Crippen molar-refractivity contribution in [3.05, 3.63) is 18.2 Å². The molecule has 0 saturated carbocycles. The molecule has 5 heteroatoms. The van der Waals surface area contributed by atoms with E-state index in [1.165, 1.54) is 0 Å². The molecule has 0 aliphatic carbocycles. The van der Waals surface area contributed by atoms with E-state index >= 15 is 0 Å². The van der Waals surface area contributed by atoms with Crippen molar-refractivity contribution in [3.8, 4) is 23.3 Å². The molecule has 1 aromatic carbocycles. The lowest BCUT2D eigenvalue weighted by Crippen LogP contribution is -2.28. The van der Waals surface area contributed by atoms with Gasteiger partial charge in [-0.3, -0.25) is 0 Å². The van der Waals surface area contributed by atoms with Crippen molar-refractivity contribution >= 4 is 0 Å². The third-order valence-corrected chi connectivity index (χ3v) is 2.61. The highest BCUT2D eigenvalue weighted by Crippen LogP contribution is 2.27. The molecule has 104 valence electrons. The fourth-order valence-corrected chi connectivity index (χ4v) is 1.62. The fraction of sp³-hybridized carbons (Fsp3) is 0.500. The lowest BCUT2D eigenvalue weighted by atomic mass is 10.2. The number of nitrogens with zero attached hydrogens (tertiary/aromatic N) is 1. The van der Waals surface area contributed by atoms with Crippen LogP contribution in [0.5, 0.6) is 17.2 Å². The SMILES string of the molecule is CCNC(C#N)CCOc1cc(OC)cc(OC)c1. The Morgan fingerprint density at radius 1 is 1.16 bits per heavy atom. The highest BCUT2D eigenvalue weighted by atomic mass is 16.5. The average molecular weight is 264 g/mol. The zero-order chi connectivity index (χ0) is 14.1. The van der Waals surface area contributed by atoms with Gasteiger partial charge < -0.3 is 19.5 Å². The van der Waals surface area contributed by atoms with Crippen molar-refractivity contribution in [2.45, 2.75) is 19.4 Å². The number of hydrogen-bond acceptors (Lipinski definition) is 5. The maximum Gasteiger partial charge on any atom is 0.126 e. The minimum absolute atomic E-state index is 0.183. The van der Waals surface area contributed by atoms with Crippen molar-refractivity contribution in [1.29, 1.82) is 5.26 Å². The highest BCUT2D eigenvalue weighted by molar-refractivity contribution is 5.41. The largest absolute Gasteiger partial charge is 0.496 e. The van der Waals surface area contributed by atoms with Crippen molar-refractivity contribution in [3.63, 3.8) is 0 Å². The lowest BCUT2D eigenvalue weighted by Gasteiger charge is -2.12. The van der Waals surface area contributed by atoms with Gasteiger partial charge in [-0.25, -0.2) is 0 Å². The Hall–Kier alpha value is -1.93. The van der Waals surface area contributed by atoms with Crippen molar-refractivity contribution in [2.24, 2.45) is 0 Å². The first-order chi connectivity index (χ1) is 9.23. The normalized spacial score (nSPS) is 11.5. The summed E-state index contributed by atoms with van der Waals surface area (Å²) in [5, 5.41) is 12.0. The van der Waals surface area contributed by atoms with Gasteiger partial charge in [-0.1, -0.05) is 6.92 Å². The van der Waals surface area contributed by atoms with Gasteiger partial charge in [-0.2, -0.15) is 5.26 Å². The van der Waals surface area contributed by atoms with E-state index < -0.39 is 0 Å². The Balaban J connectivity index is 2.55. The van der Waals surface area contributed by atoms with Crippen LogP contribution < -0.4 is 19.5 Å². The van der Waals surface area contributed by atoms with E-state index in [2.05, 4.69) is 11.4 Å². The van der Waals surface area contributed by atoms with E-state index in [9.17, 15) is 0 Å². The van der Waals surface area contributed by atoms with Crippen LogP contribution >= 0.6 is 0 Å². The molecule has 0 bridgehead atoms. The van der Waals surface area contributed by atoms with Gasteiger partial charge in [0.05, 0.1) is 32.9 Å². The van der Waals surface area contributed by atoms with Crippen LogP contribution in [-0.4, -0.2) is 33.4 Å². The van der Waals surface area contributed by atoms with Gasteiger partial charge in [-0.05, 0) is 6.54 Å². The Kier molecular flexibility index (Phi) is 6.55. The maximum atomic E-state index is 8.91. The molecule has 1 unspecified atom stereocenters. The predicted molar refractivity (Wildman–Crippen MR) is 72.7 cm³/mol. The Morgan fingerprint density at radius 3 is 2.21 bits per heavy atom. The zero-order valence-electron chi connectivity index (χ0n) is 11.6. The molecule has 1 aromatic rings. The van der Waals surface area contributed by atoms with Crippen LogP contribution in [0.4, 0.5) is 0 Å². The summed E-state index contributed by atoms with van der Waals surface area (Å²) in [7, 11) is 3.19. The summed E-state index contributed by atoms with van der Waals surface area (Å²) in [6, 6.07) is 7.37. The van der Waals surface area contributed by atoms with Crippen molar-refractivity contribution in [1.82, 2.24) is 5.32 Å². The number of nitriles is 1. The molecular formula is C14H20N2O3. The van der Waals surface area contributed by atoms with Gasteiger partial charge in [0.1, 0.15) is 17.2 Å². The average Bonchev–Trinajstić information content (AvgIpc) is 2.45. The van der Waals surface area contributed by atoms with E-state index in [1.807, 2.05) is 6.92 Å². The fourth-order valence-electron chi connectivity index (χ4n) is 1.62. The minimum Gasteiger partial charge on any atom is -0.496 e. The number of hydrogen-bond donors (Lipinski definition) is 1. The van der Waals surface area contributed by atoms with Gasteiger partial charge in [-0.15, -0.1) is 0 Å². The van der Waals surface area contributed by atoms with E-state index in [1.54, 1.807) is 32.4 Å². The van der Waals surface area contributed by atoms with Crippen LogP contribution in [0, 0.1) is 11.3 Å². The van der Waals surface area contributed by atoms with Crippen LogP contribution in [0.2, 0.25) is 0 Å². The molecule has 1 atom stereocenters. The summed E-state index contributed by atoms with van der Waals surface area (Å²) in [6.07, 6.45) is 0.629. The Morgan fingerprint density at radius 2 is 1.74 bits per heavy atom. The molecule has 0 radical (unpaired) electrons. The van der Waals surface area contributed by atoms with Crippen molar-refractivity contribution in [2.75, 3.05) is 27.4 Å². The van der Waals surface area contributed by atoms with Crippen LogP contribution in [0.3, 0.4) is 0 Å². The van der Waals surface area contributed by atoms with Gasteiger partial charge in [0.15, 0.2) is 0 Å². The molecule has 0 saturated heterocycles. The third-order valence-electron chi connectivity index (χ3n) is 2.61. The molecule has 1 rings (SSSR count). The molecule has 19 heavy (non-hydrogen) atoms. The zero-order valence-corrected chi connectivity index (χ0v) is 11.6. The quantitative estimate of drug-likeness (QED) is 0.777. The Bertz CT molecular complexity index is 407. The second kappa shape index (κ2) is 8.22.